The van der Waals surface area contributed by atoms with Crippen molar-refractivity contribution in [1.82, 2.24) is 5.01 Å². The Labute approximate surface area is 197 Å². The lowest BCUT2D eigenvalue weighted by molar-refractivity contribution is -0.163. The molecule has 8 heteroatoms. The van der Waals surface area contributed by atoms with Gasteiger partial charge < -0.3 is 4.74 Å². The zero-order valence-electron chi connectivity index (χ0n) is 19.4. The fourth-order valence-electron chi connectivity index (χ4n) is 5.10. The summed E-state index contributed by atoms with van der Waals surface area (Å²) in [4.78, 5) is 53.6. The SMILES string of the molecule is CC(=O)c1ccc(N2C(=O)[C@H]3[C@@H](C2=O)C2c4ccccc4C=NN2[C@H]3C(=O)OC(C)(C)C)cc1. The minimum Gasteiger partial charge on any atom is -0.458 e. The number of ketones is 1. The van der Waals surface area contributed by atoms with E-state index in [1.807, 2.05) is 24.3 Å². The second-order valence-electron chi connectivity index (χ2n) is 9.84. The van der Waals surface area contributed by atoms with Crippen LogP contribution in [0, 0.1) is 11.8 Å². The van der Waals surface area contributed by atoms with Crippen LogP contribution in [0.4, 0.5) is 5.69 Å². The molecular formula is C26H25N3O5. The number of esters is 1. The van der Waals surface area contributed by atoms with E-state index in [0.29, 0.717) is 11.3 Å². The molecule has 2 saturated heterocycles. The van der Waals surface area contributed by atoms with Gasteiger partial charge in [0.2, 0.25) is 11.8 Å². The Balaban J connectivity index is 1.60. The lowest BCUT2D eigenvalue weighted by atomic mass is 9.85. The summed E-state index contributed by atoms with van der Waals surface area (Å²) in [6.45, 7) is 6.73. The second kappa shape index (κ2) is 7.62. The molecule has 4 atom stereocenters. The van der Waals surface area contributed by atoms with Crippen molar-refractivity contribution in [3.63, 3.8) is 0 Å². The molecular weight excluding hydrogens is 434 g/mol. The fraction of sp³-hybridized carbons (Fsp3) is 0.346. The predicted octanol–water partition coefficient (Wildman–Crippen LogP) is 3.11. The Morgan fingerprint density at radius 2 is 1.59 bits per heavy atom. The van der Waals surface area contributed by atoms with E-state index in [1.165, 1.54) is 6.92 Å². The van der Waals surface area contributed by atoms with Crippen molar-refractivity contribution in [1.29, 1.82) is 0 Å². The van der Waals surface area contributed by atoms with Crippen molar-refractivity contribution in [2.45, 2.75) is 45.4 Å². The number of nitrogens with zero attached hydrogens (tertiary/aromatic N) is 3. The van der Waals surface area contributed by atoms with Gasteiger partial charge >= 0.3 is 5.97 Å². The number of hydrogen-bond acceptors (Lipinski definition) is 7. The Morgan fingerprint density at radius 1 is 0.941 bits per heavy atom. The van der Waals surface area contributed by atoms with Gasteiger partial charge in [-0.05, 0) is 63.1 Å². The van der Waals surface area contributed by atoms with Gasteiger partial charge in [-0.15, -0.1) is 0 Å². The third-order valence-corrected chi connectivity index (χ3v) is 6.47. The summed E-state index contributed by atoms with van der Waals surface area (Å²) in [5, 5.41) is 6.06. The number of benzene rings is 2. The maximum absolute atomic E-state index is 13.7. The lowest BCUT2D eigenvalue weighted by Gasteiger charge is -2.34. The second-order valence-corrected chi connectivity index (χ2v) is 9.84. The minimum absolute atomic E-state index is 0.111. The van der Waals surface area contributed by atoms with Gasteiger partial charge in [-0.1, -0.05) is 24.3 Å². The molecule has 8 nitrogen and oxygen atoms in total. The Morgan fingerprint density at radius 3 is 2.24 bits per heavy atom. The quantitative estimate of drug-likeness (QED) is 0.398. The van der Waals surface area contributed by atoms with Crippen molar-refractivity contribution in [2.75, 3.05) is 4.90 Å². The number of imide groups is 1. The number of rotatable bonds is 3. The molecule has 2 aromatic rings. The summed E-state index contributed by atoms with van der Waals surface area (Å²) in [6, 6.07) is 12.3. The van der Waals surface area contributed by atoms with Crippen molar-refractivity contribution < 1.29 is 23.9 Å². The van der Waals surface area contributed by atoms with Crippen LogP contribution < -0.4 is 4.90 Å². The molecule has 34 heavy (non-hydrogen) atoms. The molecule has 5 rings (SSSR count). The van der Waals surface area contributed by atoms with Gasteiger partial charge in [0.25, 0.3) is 0 Å². The molecule has 2 fully saturated rings. The number of hydrazone groups is 1. The molecule has 174 valence electrons. The molecule has 0 aromatic heterocycles. The van der Waals surface area contributed by atoms with Crippen molar-refractivity contribution >= 4 is 35.5 Å². The van der Waals surface area contributed by atoms with Gasteiger partial charge in [-0.25, -0.2) is 9.69 Å². The van der Waals surface area contributed by atoms with Gasteiger partial charge in [0.05, 0.1) is 29.8 Å². The summed E-state index contributed by atoms with van der Waals surface area (Å²) < 4.78 is 5.66. The highest BCUT2D eigenvalue weighted by Crippen LogP contribution is 2.52. The van der Waals surface area contributed by atoms with E-state index in [2.05, 4.69) is 5.10 Å². The van der Waals surface area contributed by atoms with E-state index in [9.17, 15) is 19.2 Å². The van der Waals surface area contributed by atoms with E-state index in [-0.39, 0.29) is 5.78 Å². The standard InChI is InChI=1S/C26H25N3O5/c1-14(30)15-9-11-17(12-10-15)28-23(31)19-20(24(28)32)22(25(33)34-26(2,3)4)29-21(19)18-8-6-5-7-16(18)13-27-29/h5-13,19-22H,1-4H3/t19-,20+,21?,22-/m1/s1. The van der Waals surface area contributed by atoms with Crippen molar-refractivity contribution in [2.24, 2.45) is 16.9 Å². The summed E-state index contributed by atoms with van der Waals surface area (Å²) in [5.74, 6) is -3.29. The molecule has 0 saturated carbocycles. The summed E-state index contributed by atoms with van der Waals surface area (Å²) in [6.07, 6.45) is 1.65. The third-order valence-electron chi connectivity index (χ3n) is 6.47. The largest absolute Gasteiger partial charge is 0.458 e. The zero-order chi connectivity index (χ0) is 24.4. The molecule has 0 bridgehead atoms. The van der Waals surface area contributed by atoms with Gasteiger partial charge in [-0.2, -0.15) is 5.10 Å². The maximum Gasteiger partial charge on any atom is 0.331 e. The first-order valence-electron chi connectivity index (χ1n) is 11.2. The van der Waals surface area contributed by atoms with Gasteiger partial charge in [0.1, 0.15) is 5.60 Å². The number of amides is 2. The van der Waals surface area contributed by atoms with E-state index in [4.69, 9.17) is 4.74 Å². The van der Waals surface area contributed by atoms with Crippen LogP contribution >= 0.6 is 0 Å². The van der Waals surface area contributed by atoms with E-state index in [1.54, 1.807) is 56.3 Å². The van der Waals surface area contributed by atoms with Crippen LogP contribution in [0.25, 0.3) is 0 Å². The summed E-state index contributed by atoms with van der Waals surface area (Å²) >= 11 is 0. The van der Waals surface area contributed by atoms with Crippen molar-refractivity contribution in [3.05, 3.63) is 65.2 Å². The average molecular weight is 460 g/mol. The number of hydrogen-bond donors (Lipinski definition) is 0. The first-order valence-corrected chi connectivity index (χ1v) is 11.2. The molecule has 2 amide bonds. The maximum atomic E-state index is 13.7. The average Bonchev–Trinajstić information content (AvgIpc) is 3.25. The highest BCUT2D eigenvalue weighted by atomic mass is 16.6. The zero-order valence-corrected chi connectivity index (χ0v) is 19.4. The predicted molar refractivity (Wildman–Crippen MR) is 124 cm³/mol. The Hall–Kier alpha value is -3.81. The molecule has 0 radical (unpaired) electrons. The first kappa shape index (κ1) is 22.0. The van der Waals surface area contributed by atoms with Crippen LogP contribution in [0.15, 0.2) is 53.6 Å². The van der Waals surface area contributed by atoms with Crippen LogP contribution in [0.5, 0.6) is 0 Å². The van der Waals surface area contributed by atoms with Gasteiger partial charge in [0.15, 0.2) is 11.8 Å². The fourth-order valence-corrected chi connectivity index (χ4v) is 5.10. The highest BCUT2D eigenvalue weighted by Gasteiger charge is 2.66. The van der Waals surface area contributed by atoms with Crippen LogP contribution in [-0.2, 0) is 19.1 Å². The minimum atomic E-state index is -1.03. The number of fused-ring (bicyclic) bond motifs is 5. The van der Waals surface area contributed by atoms with Gasteiger partial charge in [0, 0.05) is 5.56 Å². The van der Waals surface area contributed by atoms with Crippen LogP contribution in [0.2, 0.25) is 0 Å². The number of Topliss-reactive ketones (excluding diaryl/α,β-unsaturated/α-hetero) is 1. The number of ether oxygens (including phenoxy) is 1. The normalized spacial score (nSPS) is 25.2. The molecule has 3 aliphatic heterocycles. The topological polar surface area (TPSA) is 96.4 Å². The number of carbonyl (C=O) groups is 4. The smallest absolute Gasteiger partial charge is 0.331 e. The summed E-state index contributed by atoms with van der Waals surface area (Å²) in [7, 11) is 0. The van der Waals surface area contributed by atoms with Crippen molar-refractivity contribution in [3.8, 4) is 0 Å². The summed E-state index contributed by atoms with van der Waals surface area (Å²) in [5.41, 5.74) is 1.77. The monoisotopic (exact) mass is 459 g/mol. The molecule has 3 aliphatic rings. The number of carbonyl (C=O) groups excluding carboxylic acids is 4. The molecule has 2 aromatic carbocycles. The molecule has 0 spiro atoms. The molecule has 0 N–H and O–H groups in total. The third kappa shape index (κ3) is 3.32. The molecule has 0 aliphatic carbocycles. The highest BCUT2D eigenvalue weighted by molar-refractivity contribution is 6.24. The van der Waals surface area contributed by atoms with E-state index < -0.39 is 47.3 Å². The van der Waals surface area contributed by atoms with Crippen LogP contribution in [0.1, 0.15) is 55.2 Å². The Bertz CT molecular complexity index is 1240. The molecule has 3 heterocycles. The lowest BCUT2D eigenvalue weighted by Crippen LogP contribution is -2.46. The number of anilines is 1. The van der Waals surface area contributed by atoms with E-state index >= 15 is 0 Å². The van der Waals surface area contributed by atoms with Gasteiger partial charge in [-0.3, -0.25) is 19.4 Å². The van der Waals surface area contributed by atoms with Crippen LogP contribution in [0.3, 0.4) is 0 Å². The van der Waals surface area contributed by atoms with E-state index in [0.717, 1.165) is 16.0 Å². The Kier molecular flexibility index (Phi) is 4.93. The van der Waals surface area contributed by atoms with Crippen LogP contribution in [-0.4, -0.2) is 46.4 Å². The first-order chi connectivity index (χ1) is 16.1. The molecule has 1 unspecified atom stereocenters.